The number of aliphatic hydroxyl groups excluding tert-OH is 1. The van der Waals surface area contributed by atoms with Gasteiger partial charge in [-0.15, -0.1) is 0 Å². The lowest BCUT2D eigenvalue weighted by atomic mass is 10.4. The fourth-order valence-corrected chi connectivity index (χ4v) is 1.59. The molecule has 1 aromatic heterocycles. The summed E-state index contributed by atoms with van der Waals surface area (Å²) in [6.07, 6.45) is 0.702. The van der Waals surface area contributed by atoms with Gasteiger partial charge in [-0.3, -0.25) is 0 Å². The molecule has 0 bridgehead atoms. The van der Waals surface area contributed by atoms with Crippen molar-refractivity contribution < 1.29 is 5.11 Å². The molecule has 0 aromatic carbocycles. The highest BCUT2D eigenvalue weighted by Crippen LogP contribution is 2.15. The molecule has 1 rings (SSSR count). The van der Waals surface area contributed by atoms with Gasteiger partial charge in [0.05, 0.1) is 0 Å². The van der Waals surface area contributed by atoms with Gasteiger partial charge in [0.2, 0.25) is 17.8 Å². The van der Waals surface area contributed by atoms with Crippen molar-refractivity contribution in [3.05, 3.63) is 0 Å². The Hall–Kier alpha value is -1.63. The molecule has 0 fully saturated rings. The zero-order chi connectivity index (χ0) is 14.3. The first-order chi connectivity index (χ1) is 9.12. The Bertz CT molecular complexity index is 384. The van der Waals surface area contributed by atoms with Crippen molar-refractivity contribution in [3.8, 4) is 0 Å². The largest absolute Gasteiger partial charge is 0.396 e. The average molecular weight is 268 g/mol. The van der Waals surface area contributed by atoms with Crippen molar-refractivity contribution >= 4 is 17.8 Å². The molecule has 1 heterocycles. The van der Waals surface area contributed by atoms with E-state index in [1.807, 2.05) is 37.7 Å². The van der Waals surface area contributed by atoms with Crippen LogP contribution in [0.1, 0.15) is 20.3 Å². The van der Waals surface area contributed by atoms with Crippen LogP contribution in [0.5, 0.6) is 0 Å². The van der Waals surface area contributed by atoms with E-state index < -0.39 is 0 Å². The monoisotopic (exact) mass is 268 g/mol. The minimum absolute atomic E-state index is 0.169. The van der Waals surface area contributed by atoms with Gasteiger partial charge in [-0.05, 0) is 20.3 Å². The summed E-state index contributed by atoms with van der Waals surface area (Å²) in [5, 5.41) is 12.1. The first-order valence-electron chi connectivity index (χ1n) is 6.65. The normalized spacial score (nSPS) is 10.4. The lowest BCUT2D eigenvalue weighted by Crippen LogP contribution is -2.28. The number of hydrogen-bond donors (Lipinski definition) is 2. The molecule has 19 heavy (non-hydrogen) atoms. The molecule has 108 valence electrons. The Morgan fingerprint density at radius 3 is 2.32 bits per heavy atom. The van der Waals surface area contributed by atoms with Gasteiger partial charge < -0.3 is 20.2 Å². The number of aliphatic hydroxyl groups is 1. The number of nitrogens with one attached hydrogen (secondary N) is 1. The van der Waals surface area contributed by atoms with Crippen molar-refractivity contribution in [2.45, 2.75) is 20.3 Å². The molecule has 0 saturated carbocycles. The molecule has 0 aliphatic heterocycles. The lowest BCUT2D eigenvalue weighted by Gasteiger charge is -2.22. The van der Waals surface area contributed by atoms with Gasteiger partial charge in [0.1, 0.15) is 0 Å². The van der Waals surface area contributed by atoms with Gasteiger partial charge in [-0.25, -0.2) is 0 Å². The minimum Gasteiger partial charge on any atom is -0.396 e. The number of rotatable bonds is 8. The molecule has 0 aliphatic rings. The highest BCUT2D eigenvalue weighted by molar-refractivity contribution is 5.44. The van der Waals surface area contributed by atoms with Gasteiger partial charge >= 0.3 is 0 Å². The van der Waals surface area contributed by atoms with Crippen LogP contribution in [0.4, 0.5) is 17.8 Å². The first-order valence-corrected chi connectivity index (χ1v) is 6.65. The molecular formula is C12H24N6O. The fourth-order valence-electron chi connectivity index (χ4n) is 1.59. The van der Waals surface area contributed by atoms with Crippen molar-refractivity contribution in [1.82, 2.24) is 15.0 Å². The highest BCUT2D eigenvalue weighted by atomic mass is 16.3. The van der Waals surface area contributed by atoms with Crippen LogP contribution in [-0.2, 0) is 0 Å². The van der Waals surface area contributed by atoms with Crippen molar-refractivity contribution in [3.63, 3.8) is 0 Å². The van der Waals surface area contributed by atoms with Crippen LogP contribution in [0, 0.1) is 0 Å². The molecular weight excluding hydrogens is 244 g/mol. The Morgan fingerprint density at radius 2 is 1.79 bits per heavy atom. The van der Waals surface area contributed by atoms with Crippen LogP contribution in [0.15, 0.2) is 0 Å². The quantitative estimate of drug-likeness (QED) is 0.714. The van der Waals surface area contributed by atoms with E-state index in [0.717, 1.165) is 19.6 Å². The van der Waals surface area contributed by atoms with E-state index in [0.29, 0.717) is 24.3 Å². The second-order valence-corrected chi connectivity index (χ2v) is 4.34. The predicted molar refractivity (Wildman–Crippen MR) is 77.9 cm³/mol. The van der Waals surface area contributed by atoms with Crippen LogP contribution in [-0.4, -0.2) is 60.4 Å². The Labute approximate surface area is 114 Å². The number of anilines is 3. The molecule has 2 N–H and O–H groups in total. The summed E-state index contributed by atoms with van der Waals surface area (Å²) >= 11 is 0. The van der Waals surface area contributed by atoms with Crippen LogP contribution >= 0.6 is 0 Å². The summed E-state index contributed by atoms with van der Waals surface area (Å²) in [6.45, 7) is 6.50. The maximum Gasteiger partial charge on any atom is 0.231 e. The van der Waals surface area contributed by atoms with Crippen molar-refractivity contribution in [2.24, 2.45) is 0 Å². The highest BCUT2D eigenvalue weighted by Gasteiger charge is 2.12. The zero-order valence-electron chi connectivity index (χ0n) is 12.2. The summed E-state index contributed by atoms with van der Waals surface area (Å²) < 4.78 is 0. The summed E-state index contributed by atoms with van der Waals surface area (Å²) in [4.78, 5) is 17.1. The number of nitrogens with zero attached hydrogens (tertiary/aromatic N) is 5. The standard InChI is InChI=1S/C12H24N6O/c1-5-13-10-14-11(17(3)4)16-12(15-10)18(6-2)8-7-9-19/h19H,5-9H2,1-4H3,(H,13,14,15,16). The van der Waals surface area contributed by atoms with Crippen LogP contribution in [0.3, 0.4) is 0 Å². The van der Waals surface area contributed by atoms with Gasteiger partial charge in [0.25, 0.3) is 0 Å². The van der Waals surface area contributed by atoms with Crippen LogP contribution in [0.2, 0.25) is 0 Å². The SMILES string of the molecule is CCNc1nc(N(C)C)nc(N(CC)CCCO)n1. The third kappa shape index (κ3) is 4.51. The van der Waals surface area contributed by atoms with Gasteiger partial charge in [-0.2, -0.15) is 15.0 Å². The molecule has 0 unspecified atom stereocenters. The van der Waals surface area contributed by atoms with E-state index >= 15 is 0 Å². The number of aromatic nitrogens is 3. The number of hydrogen-bond acceptors (Lipinski definition) is 7. The lowest BCUT2D eigenvalue weighted by molar-refractivity contribution is 0.289. The maximum absolute atomic E-state index is 8.94. The molecule has 1 aromatic rings. The topological polar surface area (TPSA) is 77.4 Å². The van der Waals surface area contributed by atoms with Crippen molar-refractivity contribution in [1.29, 1.82) is 0 Å². The van der Waals surface area contributed by atoms with Gasteiger partial charge in [0.15, 0.2) is 0 Å². The smallest absolute Gasteiger partial charge is 0.231 e. The fraction of sp³-hybridized carbons (Fsp3) is 0.750. The minimum atomic E-state index is 0.169. The average Bonchev–Trinajstić information content (AvgIpc) is 2.39. The Kier molecular flexibility index (Phi) is 6.27. The molecule has 0 atom stereocenters. The molecule has 7 heteroatoms. The first kappa shape index (κ1) is 15.4. The van der Waals surface area contributed by atoms with Gasteiger partial charge in [0, 0.05) is 40.3 Å². The van der Waals surface area contributed by atoms with E-state index in [-0.39, 0.29) is 6.61 Å². The van der Waals surface area contributed by atoms with E-state index in [4.69, 9.17) is 5.11 Å². The van der Waals surface area contributed by atoms with E-state index in [2.05, 4.69) is 20.3 Å². The predicted octanol–water partition coefficient (Wildman–Crippen LogP) is 0.578. The second kappa shape index (κ2) is 7.73. The molecule has 0 radical (unpaired) electrons. The zero-order valence-corrected chi connectivity index (χ0v) is 12.2. The summed E-state index contributed by atoms with van der Waals surface area (Å²) in [7, 11) is 3.80. The van der Waals surface area contributed by atoms with E-state index in [9.17, 15) is 0 Å². The van der Waals surface area contributed by atoms with Gasteiger partial charge in [-0.1, -0.05) is 0 Å². The Morgan fingerprint density at radius 1 is 1.11 bits per heavy atom. The van der Waals surface area contributed by atoms with Crippen molar-refractivity contribution in [2.75, 3.05) is 55.5 Å². The molecule has 0 aliphatic carbocycles. The molecule has 0 amide bonds. The third-order valence-corrected chi connectivity index (χ3v) is 2.60. The summed E-state index contributed by atoms with van der Waals surface area (Å²) in [6, 6.07) is 0. The third-order valence-electron chi connectivity index (χ3n) is 2.60. The van der Waals surface area contributed by atoms with E-state index in [1.165, 1.54) is 0 Å². The molecule has 0 saturated heterocycles. The molecule has 0 spiro atoms. The molecule has 7 nitrogen and oxygen atoms in total. The Balaban J connectivity index is 3.02. The van der Waals surface area contributed by atoms with Crippen LogP contribution < -0.4 is 15.1 Å². The summed E-state index contributed by atoms with van der Waals surface area (Å²) in [5.74, 6) is 1.85. The summed E-state index contributed by atoms with van der Waals surface area (Å²) in [5.41, 5.74) is 0. The van der Waals surface area contributed by atoms with Crippen LogP contribution in [0.25, 0.3) is 0 Å². The maximum atomic E-state index is 8.94. The van der Waals surface area contributed by atoms with E-state index in [1.54, 1.807) is 0 Å². The second-order valence-electron chi connectivity index (χ2n) is 4.34.